The zero-order valence-electron chi connectivity index (χ0n) is 58.1. The highest BCUT2D eigenvalue weighted by atomic mass is 19.4. The number of unbranched alkanes of at least 4 members (excludes halogenated alkanes) is 12. The largest absolute Gasteiger partial charge is 0.460 e. The Labute approximate surface area is 586 Å². The van der Waals surface area contributed by atoms with Gasteiger partial charge in [-0.1, -0.05) is 192 Å². The van der Waals surface area contributed by atoms with Crippen molar-refractivity contribution >= 4 is 29.8 Å². The minimum Gasteiger partial charge on any atom is -0.460 e. The molecule has 0 unspecified atom stereocenters. The molecule has 0 spiro atoms. The van der Waals surface area contributed by atoms with Gasteiger partial charge in [0.25, 0.3) is 22.4 Å². The van der Waals surface area contributed by atoms with Crippen LogP contribution in [0.3, 0.4) is 0 Å². The Hall–Kier alpha value is -7.07. The summed E-state index contributed by atoms with van der Waals surface area (Å²) in [6.45, 7) is 3.64. The monoisotopic (exact) mass is 1460 g/mol. The Morgan fingerprint density at radius 3 is 0.990 bits per heavy atom. The predicted octanol–water partition coefficient (Wildman–Crippen LogP) is 17.7. The highest BCUT2D eigenvalue weighted by Gasteiger charge is 2.68. The predicted molar refractivity (Wildman–Crippen MR) is 348 cm³/mol. The van der Waals surface area contributed by atoms with E-state index in [9.17, 15) is 24.0 Å². The SMILES string of the molecule is CCCCCCCCCCCC[C@H](OC(=O)[C@@](OC)(c1ccccc1)C(F)(F)F)[C@@H]1CC[C@H]([C@@H](CCCC[C@@H](CCCCC[C@H](CC2=C[C@H](C)OC2=O)OC(=O)[C@@](OC)(c2ccccc2)C(F)(F)F)OC(=O)[C@@](OC)(c2ccccc2)C(F)(F)F)OC(=O)[C@@](OC)(c2ccccc2)C(F)(F)F)O1. The maximum atomic E-state index is 15.5. The molecule has 2 aliphatic rings. The van der Waals surface area contributed by atoms with E-state index >= 15 is 52.7 Å². The van der Waals surface area contributed by atoms with Crippen LogP contribution in [0.25, 0.3) is 0 Å². The van der Waals surface area contributed by atoms with Crippen molar-refractivity contribution in [3.63, 3.8) is 0 Å². The number of methoxy groups -OCH3 is 4. The van der Waals surface area contributed by atoms with Gasteiger partial charge in [0.1, 0.15) is 30.5 Å². The maximum absolute atomic E-state index is 15.5. The summed E-state index contributed by atoms with van der Waals surface area (Å²) in [7, 11) is 2.68. The van der Waals surface area contributed by atoms with Gasteiger partial charge in [-0.2, -0.15) is 52.7 Å². The van der Waals surface area contributed by atoms with Crippen molar-refractivity contribution in [2.75, 3.05) is 28.4 Å². The molecule has 0 aromatic heterocycles. The van der Waals surface area contributed by atoms with E-state index in [1.54, 1.807) is 0 Å². The topological polar surface area (TPSA) is 178 Å². The summed E-state index contributed by atoms with van der Waals surface area (Å²) < 4.78 is 239. The molecular weight excluding hydrogens is 1370 g/mol. The lowest BCUT2D eigenvalue weighted by molar-refractivity contribution is -0.281. The third-order valence-electron chi connectivity index (χ3n) is 18.8. The van der Waals surface area contributed by atoms with Gasteiger partial charge in [0, 0.05) is 62.7 Å². The maximum Gasteiger partial charge on any atom is 0.432 e. The Morgan fingerprint density at radius 2 is 0.676 bits per heavy atom. The molecule has 2 heterocycles. The molecule has 27 heteroatoms. The Bertz CT molecular complexity index is 3270. The summed E-state index contributed by atoms with van der Waals surface area (Å²) in [5, 5.41) is 0. The van der Waals surface area contributed by atoms with E-state index in [2.05, 4.69) is 6.92 Å². The van der Waals surface area contributed by atoms with E-state index in [4.69, 9.17) is 47.4 Å². The number of halogens is 12. The van der Waals surface area contributed by atoms with Crippen molar-refractivity contribution < 1.29 is 124 Å². The van der Waals surface area contributed by atoms with Crippen molar-refractivity contribution in [2.24, 2.45) is 0 Å². The van der Waals surface area contributed by atoms with Gasteiger partial charge in [-0.25, -0.2) is 24.0 Å². The fraction of sp³-hybridized carbons (Fsp3) is 0.587. The van der Waals surface area contributed by atoms with Crippen LogP contribution in [0.1, 0.15) is 184 Å². The van der Waals surface area contributed by atoms with Gasteiger partial charge in [-0.15, -0.1) is 0 Å². The van der Waals surface area contributed by atoms with E-state index < -0.39 is 148 Å². The van der Waals surface area contributed by atoms with E-state index in [0.717, 1.165) is 99.9 Å². The van der Waals surface area contributed by atoms with Gasteiger partial charge in [0.05, 0.1) is 12.2 Å². The number of alkyl halides is 12. The standard InChI is InChI=1S/C75H92F12O15/c1-7-8-9-10-11-12-13-14-15-31-45-59(101-66(91)70(95-5,74(82,83)84)55-38-25-18-26-39-55)61-47-48-62(100-61)60(102-67(92)71(96-6,75(85,86)87)56-40-27-19-28-41-56)46-33-32-43-57(98-64(89)68(93-3,72(76,77)78)53-34-21-16-22-35-53)42-29-20-30-44-58(50-52-49-51(2)97-63(52)88)99-65(90)69(94-4,73(79,80)81)54-36-23-17-24-37-54/h16-19,21-28,34-41,49,51,57-62H,7-15,20,29-33,42-48,50H2,1-6H3/t51-,57+,58+,59-,60+,61-,62+,68-,69-,70-,71-/m0/s1. The van der Waals surface area contributed by atoms with Crippen molar-refractivity contribution in [3.05, 3.63) is 155 Å². The summed E-state index contributed by atoms with van der Waals surface area (Å²) in [5.41, 5.74) is -17.2. The number of esters is 5. The van der Waals surface area contributed by atoms with Crippen molar-refractivity contribution in [1.29, 1.82) is 0 Å². The van der Waals surface area contributed by atoms with Crippen LogP contribution in [0.2, 0.25) is 0 Å². The number of cyclic esters (lactones) is 1. The average Bonchev–Trinajstić information content (AvgIpc) is 0.795. The molecule has 0 aliphatic carbocycles. The molecule has 102 heavy (non-hydrogen) atoms. The first-order valence-corrected chi connectivity index (χ1v) is 34.5. The van der Waals surface area contributed by atoms with Gasteiger partial charge >= 0.3 is 54.6 Å². The minimum atomic E-state index is -5.48. The van der Waals surface area contributed by atoms with Crippen LogP contribution in [0.5, 0.6) is 0 Å². The van der Waals surface area contributed by atoms with E-state index in [0.29, 0.717) is 41.3 Å². The third kappa shape index (κ3) is 20.3. The second-order valence-corrected chi connectivity index (χ2v) is 25.6. The summed E-state index contributed by atoms with van der Waals surface area (Å²) in [6.07, 6.45) is -22.5. The highest BCUT2D eigenvalue weighted by molar-refractivity contribution is 5.91. The van der Waals surface area contributed by atoms with E-state index in [1.165, 1.54) is 85.8 Å². The molecule has 1 fully saturated rings. The number of ether oxygens (including phenoxy) is 10. The normalized spacial score (nSPS) is 19.5. The molecular formula is C75H92F12O15. The molecule has 4 aromatic rings. The first-order valence-electron chi connectivity index (χ1n) is 34.5. The lowest BCUT2D eigenvalue weighted by Gasteiger charge is -2.36. The summed E-state index contributed by atoms with van der Waals surface area (Å²) in [6, 6.07) is 23.8. The summed E-state index contributed by atoms with van der Waals surface area (Å²) in [5.74, 6) is -8.29. The molecule has 0 radical (unpaired) electrons. The van der Waals surface area contributed by atoms with Gasteiger partial charge < -0.3 is 47.4 Å². The number of carbonyl (C=O) groups is 5. The summed E-state index contributed by atoms with van der Waals surface area (Å²) in [4.78, 5) is 69.8. The molecule has 1 saturated heterocycles. The van der Waals surface area contributed by atoms with Crippen molar-refractivity contribution in [3.8, 4) is 0 Å². The van der Waals surface area contributed by atoms with E-state index in [-0.39, 0.29) is 82.6 Å². The average molecular weight is 1460 g/mol. The zero-order valence-corrected chi connectivity index (χ0v) is 58.1. The van der Waals surface area contributed by atoms with Gasteiger partial charge in [-0.05, 0) is 90.0 Å². The Kier molecular flexibility index (Phi) is 31.3. The molecule has 0 bridgehead atoms. The number of benzene rings is 4. The fourth-order valence-electron chi connectivity index (χ4n) is 13.3. The quantitative estimate of drug-likeness (QED) is 0.0177. The fourth-order valence-corrected chi connectivity index (χ4v) is 13.3. The smallest absolute Gasteiger partial charge is 0.432 e. The second-order valence-electron chi connectivity index (χ2n) is 25.6. The Morgan fingerprint density at radius 1 is 0.402 bits per heavy atom. The minimum absolute atomic E-state index is 0.00408. The molecule has 4 aromatic carbocycles. The number of hydrogen-bond donors (Lipinski definition) is 0. The molecule has 0 saturated carbocycles. The van der Waals surface area contributed by atoms with Crippen LogP contribution in [-0.4, -0.2) is 126 Å². The van der Waals surface area contributed by atoms with E-state index in [1.807, 2.05) is 0 Å². The first kappa shape index (κ1) is 83.9. The molecule has 2 aliphatic heterocycles. The molecule has 0 N–H and O–H groups in total. The zero-order chi connectivity index (χ0) is 75.0. The van der Waals surface area contributed by atoms with Gasteiger partial charge in [0.2, 0.25) is 0 Å². The van der Waals surface area contributed by atoms with Crippen molar-refractivity contribution in [2.45, 2.75) is 251 Å². The molecule has 11 atom stereocenters. The Balaban J connectivity index is 1.29. The van der Waals surface area contributed by atoms with Crippen LogP contribution >= 0.6 is 0 Å². The van der Waals surface area contributed by atoms with Crippen LogP contribution in [0, 0.1) is 0 Å². The first-order chi connectivity index (χ1) is 48.4. The van der Waals surface area contributed by atoms with Crippen molar-refractivity contribution in [1.82, 2.24) is 0 Å². The van der Waals surface area contributed by atoms with Gasteiger partial charge in [-0.3, -0.25) is 0 Å². The van der Waals surface area contributed by atoms with Crippen LogP contribution in [0.4, 0.5) is 52.7 Å². The van der Waals surface area contributed by atoms with Gasteiger partial charge in [0.15, 0.2) is 0 Å². The molecule has 0 amide bonds. The highest BCUT2D eigenvalue weighted by Crippen LogP contribution is 2.49. The molecule has 6 rings (SSSR count). The number of carbonyl (C=O) groups excluding carboxylic acids is 5. The number of hydrogen-bond acceptors (Lipinski definition) is 15. The third-order valence-corrected chi connectivity index (χ3v) is 18.8. The molecule has 15 nitrogen and oxygen atoms in total. The number of rotatable bonds is 42. The lowest BCUT2D eigenvalue weighted by Crippen LogP contribution is -2.53. The van der Waals surface area contributed by atoms with Crippen LogP contribution in [-0.2, 0) is 93.7 Å². The second kappa shape index (κ2) is 38.1. The van der Waals surface area contributed by atoms with Crippen LogP contribution < -0.4 is 0 Å². The lowest BCUT2D eigenvalue weighted by atomic mass is 9.92. The molecule has 566 valence electrons. The van der Waals surface area contributed by atoms with Crippen LogP contribution in [0.15, 0.2) is 133 Å². The summed E-state index contributed by atoms with van der Waals surface area (Å²) >= 11 is 0.